The van der Waals surface area contributed by atoms with Gasteiger partial charge in [-0.2, -0.15) is 13.2 Å². The van der Waals surface area contributed by atoms with Gasteiger partial charge < -0.3 is 15.2 Å². The van der Waals surface area contributed by atoms with E-state index in [-0.39, 0.29) is 23.3 Å². The van der Waals surface area contributed by atoms with E-state index in [1.54, 1.807) is 9.80 Å². The average molecular weight is 476 g/mol. The van der Waals surface area contributed by atoms with Crippen LogP contribution in [0.15, 0.2) is 47.5 Å². The van der Waals surface area contributed by atoms with Gasteiger partial charge in [0.25, 0.3) is 11.2 Å². The molecule has 4 rings (SSSR count). The Morgan fingerprint density at radius 3 is 2.56 bits per heavy atom. The molecule has 1 saturated heterocycles. The molecule has 34 heavy (non-hydrogen) atoms. The van der Waals surface area contributed by atoms with Crippen LogP contribution in [-0.4, -0.2) is 58.4 Å². The molecule has 178 valence electrons. The number of amides is 1. The molecule has 10 nitrogen and oxygen atoms in total. The zero-order valence-corrected chi connectivity index (χ0v) is 17.6. The minimum absolute atomic E-state index is 0.104. The molecular formula is C21H19F3N6O4. The van der Waals surface area contributed by atoms with Gasteiger partial charge in [0, 0.05) is 32.2 Å². The van der Waals surface area contributed by atoms with Crippen LogP contribution in [0.1, 0.15) is 5.56 Å². The number of benzene rings is 2. The van der Waals surface area contributed by atoms with Gasteiger partial charge in [-0.3, -0.25) is 24.6 Å². The van der Waals surface area contributed by atoms with Gasteiger partial charge >= 0.3 is 6.18 Å². The summed E-state index contributed by atoms with van der Waals surface area (Å²) in [5.41, 5.74) is -1.34. The van der Waals surface area contributed by atoms with Crippen molar-refractivity contribution < 1.29 is 22.9 Å². The van der Waals surface area contributed by atoms with Crippen LogP contribution < -0.4 is 15.8 Å². The van der Waals surface area contributed by atoms with Crippen LogP contribution in [-0.2, 0) is 11.0 Å². The van der Waals surface area contributed by atoms with Crippen LogP contribution >= 0.6 is 0 Å². The summed E-state index contributed by atoms with van der Waals surface area (Å²) in [6.45, 7) is 1.25. The predicted molar refractivity (Wildman–Crippen MR) is 118 cm³/mol. The van der Waals surface area contributed by atoms with E-state index in [2.05, 4.69) is 15.3 Å². The summed E-state index contributed by atoms with van der Waals surface area (Å²) in [7, 11) is 0. The molecule has 0 unspecified atom stereocenters. The Hall–Kier alpha value is -4.00. The molecule has 0 bridgehead atoms. The van der Waals surface area contributed by atoms with Crippen molar-refractivity contribution in [3.8, 4) is 0 Å². The first-order valence-corrected chi connectivity index (χ1v) is 10.2. The third-order valence-electron chi connectivity index (χ3n) is 5.52. The highest BCUT2D eigenvalue weighted by atomic mass is 19.4. The van der Waals surface area contributed by atoms with Crippen LogP contribution in [0.5, 0.6) is 0 Å². The average Bonchev–Trinajstić information content (AvgIpc) is 2.78. The number of rotatable bonds is 5. The zero-order chi connectivity index (χ0) is 24.5. The van der Waals surface area contributed by atoms with Gasteiger partial charge in [-0.05, 0) is 18.2 Å². The highest BCUT2D eigenvalue weighted by molar-refractivity contribution is 5.93. The molecule has 1 amide bonds. The molecule has 0 spiro atoms. The fraction of sp³-hybridized carbons (Fsp3) is 0.286. The summed E-state index contributed by atoms with van der Waals surface area (Å²) < 4.78 is 39.4. The van der Waals surface area contributed by atoms with E-state index in [4.69, 9.17) is 0 Å². The molecule has 13 heteroatoms. The smallest absolute Gasteiger partial charge is 0.363 e. The van der Waals surface area contributed by atoms with Crippen molar-refractivity contribution in [1.29, 1.82) is 0 Å². The number of hydrogen-bond acceptors (Lipinski definition) is 7. The number of halogens is 3. The first kappa shape index (κ1) is 23.2. The first-order valence-electron chi connectivity index (χ1n) is 10.2. The summed E-state index contributed by atoms with van der Waals surface area (Å²) >= 11 is 0. The minimum atomic E-state index is -4.59. The molecule has 1 aliphatic heterocycles. The van der Waals surface area contributed by atoms with Crippen molar-refractivity contribution in [3.63, 3.8) is 0 Å². The van der Waals surface area contributed by atoms with E-state index in [0.717, 1.165) is 6.07 Å². The number of nitrogens with one attached hydrogen (secondary N) is 2. The predicted octanol–water partition coefficient (Wildman–Crippen LogP) is 2.61. The maximum atomic E-state index is 13.1. The second kappa shape index (κ2) is 9.09. The van der Waals surface area contributed by atoms with Crippen molar-refractivity contribution in [2.45, 2.75) is 6.18 Å². The highest BCUT2D eigenvalue weighted by Gasteiger charge is 2.34. The molecule has 0 atom stereocenters. The number of nitrogens with zero attached hydrogens (tertiary/aromatic N) is 4. The van der Waals surface area contributed by atoms with Gasteiger partial charge in [0.2, 0.25) is 5.91 Å². The lowest BCUT2D eigenvalue weighted by Gasteiger charge is -2.35. The molecule has 1 aliphatic rings. The number of hydrogen-bond donors (Lipinski definition) is 2. The molecular weight excluding hydrogens is 457 g/mol. The Bertz CT molecular complexity index is 1300. The number of alkyl halides is 3. The lowest BCUT2D eigenvalue weighted by molar-refractivity contribution is -0.384. The topological polar surface area (TPSA) is 124 Å². The summed E-state index contributed by atoms with van der Waals surface area (Å²) in [4.78, 5) is 45.3. The summed E-state index contributed by atoms with van der Waals surface area (Å²) in [5, 5.41) is 14.0. The molecule has 3 aromatic rings. The number of anilines is 2. The fourth-order valence-corrected chi connectivity index (χ4v) is 3.87. The van der Waals surface area contributed by atoms with Gasteiger partial charge in [-0.15, -0.1) is 0 Å². The van der Waals surface area contributed by atoms with E-state index in [1.165, 1.54) is 36.7 Å². The Morgan fingerprint density at radius 2 is 1.88 bits per heavy atom. The van der Waals surface area contributed by atoms with E-state index < -0.39 is 28.1 Å². The number of aromatic nitrogens is 2. The number of aromatic amines is 1. The number of para-hydroxylation sites is 1. The minimum Gasteiger partial charge on any atom is -0.363 e. The molecule has 2 aromatic carbocycles. The molecule has 2 heterocycles. The van der Waals surface area contributed by atoms with E-state index in [1.807, 2.05) is 0 Å². The molecule has 2 N–H and O–H groups in total. The van der Waals surface area contributed by atoms with Gasteiger partial charge in [-0.25, -0.2) is 4.98 Å². The van der Waals surface area contributed by atoms with E-state index >= 15 is 0 Å². The molecule has 1 aromatic heterocycles. The van der Waals surface area contributed by atoms with Crippen LogP contribution in [0.4, 0.5) is 30.2 Å². The second-order valence-corrected chi connectivity index (χ2v) is 7.70. The number of fused-ring (bicyclic) bond motifs is 1. The largest absolute Gasteiger partial charge is 0.418 e. The van der Waals surface area contributed by atoms with Crippen LogP contribution in [0, 0.1) is 10.1 Å². The third-order valence-corrected chi connectivity index (χ3v) is 5.52. The van der Waals surface area contributed by atoms with Gasteiger partial charge in [0.15, 0.2) is 0 Å². The Morgan fingerprint density at radius 1 is 1.18 bits per heavy atom. The normalized spacial score (nSPS) is 14.9. The fourth-order valence-electron chi connectivity index (χ4n) is 3.87. The number of carbonyl (C=O) groups is 1. The van der Waals surface area contributed by atoms with Crippen molar-refractivity contribution >= 4 is 33.9 Å². The molecule has 0 aliphatic carbocycles. The summed E-state index contributed by atoms with van der Waals surface area (Å²) in [6.07, 6.45) is -3.38. The highest BCUT2D eigenvalue weighted by Crippen LogP contribution is 2.35. The molecule has 0 radical (unpaired) electrons. The van der Waals surface area contributed by atoms with E-state index in [9.17, 15) is 32.9 Å². The summed E-state index contributed by atoms with van der Waals surface area (Å²) in [6, 6.07) is 7.41. The van der Waals surface area contributed by atoms with Crippen LogP contribution in [0.3, 0.4) is 0 Å². The molecule has 0 saturated carbocycles. The quantitative estimate of drug-likeness (QED) is 0.428. The van der Waals surface area contributed by atoms with E-state index in [0.29, 0.717) is 37.4 Å². The molecule has 1 fully saturated rings. The lowest BCUT2D eigenvalue weighted by Crippen LogP contribution is -2.48. The maximum absolute atomic E-state index is 13.1. The third kappa shape index (κ3) is 4.83. The maximum Gasteiger partial charge on any atom is 0.418 e. The monoisotopic (exact) mass is 476 g/mol. The van der Waals surface area contributed by atoms with Gasteiger partial charge in [-0.1, -0.05) is 12.1 Å². The lowest BCUT2D eigenvalue weighted by atomic mass is 10.1. The van der Waals surface area contributed by atoms with Crippen molar-refractivity contribution in [3.05, 3.63) is 68.8 Å². The van der Waals surface area contributed by atoms with Crippen LogP contribution in [0.2, 0.25) is 0 Å². The Kier molecular flexibility index (Phi) is 6.20. The Balaban J connectivity index is 1.44. The number of nitro benzene ring substituents is 1. The standard InChI is InChI=1S/C21H19F3N6O4/c22-21(23,24)14-3-1-2-4-15(14)27-19(31)11-28-5-7-29(8-6-28)17-10-16-13(9-18(17)30(33)34)20(32)26-12-25-16/h1-4,9-10,12H,5-8,11H2,(H,27,31)(H,25,26,32). The number of H-pyrrole nitrogens is 1. The van der Waals surface area contributed by atoms with Crippen LogP contribution in [0.25, 0.3) is 10.9 Å². The van der Waals surface area contributed by atoms with Crippen molar-refractivity contribution in [2.24, 2.45) is 0 Å². The van der Waals surface area contributed by atoms with Crippen molar-refractivity contribution in [2.75, 3.05) is 42.9 Å². The second-order valence-electron chi connectivity index (χ2n) is 7.70. The SMILES string of the molecule is O=C(CN1CCN(c2cc3nc[nH]c(=O)c3cc2[N+](=O)[O-])CC1)Nc1ccccc1C(F)(F)F. The number of piperazine rings is 1. The summed E-state index contributed by atoms with van der Waals surface area (Å²) in [5.74, 6) is -0.592. The number of nitro groups is 1. The van der Waals surface area contributed by atoms with Crippen molar-refractivity contribution in [1.82, 2.24) is 14.9 Å². The number of carbonyl (C=O) groups excluding carboxylic acids is 1. The first-order chi connectivity index (χ1) is 16.1. The van der Waals surface area contributed by atoms with Gasteiger partial charge in [0.05, 0.1) is 39.9 Å². The Labute approximate surface area is 190 Å². The zero-order valence-electron chi connectivity index (χ0n) is 17.6. The van der Waals surface area contributed by atoms with Gasteiger partial charge in [0.1, 0.15) is 5.69 Å².